The average Bonchev–Trinajstić information content (AvgIpc) is 3.19. The van der Waals surface area contributed by atoms with E-state index in [1.54, 1.807) is 36.5 Å². The highest BCUT2D eigenvalue weighted by molar-refractivity contribution is 6.39. The van der Waals surface area contributed by atoms with E-state index in [0.29, 0.717) is 16.9 Å². The van der Waals surface area contributed by atoms with Crippen molar-refractivity contribution in [2.24, 2.45) is 0 Å². The van der Waals surface area contributed by atoms with E-state index in [0.717, 1.165) is 0 Å². The van der Waals surface area contributed by atoms with Crippen molar-refractivity contribution in [1.82, 2.24) is 20.8 Å². The Balaban J connectivity index is 1.78. The number of hydrogen-bond donors (Lipinski definition) is 4. The van der Waals surface area contributed by atoms with Gasteiger partial charge < -0.3 is 20.7 Å². The molecule has 0 atom stereocenters. The summed E-state index contributed by atoms with van der Waals surface area (Å²) in [4.78, 5) is 46.3. The molecule has 10 heteroatoms. The molecular weight excluding hydrogens is 354 g/mol. The summed E-state index contributed by atoms with van der Waals surface area (Å²) < 4.78 is 4.43. The third-order valence-corrected chi connectivity index (χ3v) is 3.44. The van der Waals surface area contributed by atoms with E-state index in [1.807, 2.05) is 0 Å². The number of carbonyl (C=O) groups is 4. The lowest BCUT2D eigenvalue weighted by Crippen LogP contribution is -2.35. The maximum Gasteiger partial charge on any atom is 0.325 e. The molecule has 1 aromatic heterocycles. The molecule has 142 valence electrons. The Kier molecular flexibility index (Phi) is 7.06. The van der Waals surface area contributed by atoms with Crippen LogP contribution < -0.4 is 16.0 Å². The molecule has 0 saturated carbocycles. The molecule has 0 aliphatic rings. The van der Waals surface area contributed by atoms with Gasteiger partial charge in [-0.1, -0.05) is 12.1 Å². The third-order valence-electron chi connectivity index (χ3n) is 3.44. The zero-order valence-corrected chi connectivity index (χ0v) is 14.6. The number of carbonyl (C=O) groups excluding carboxylic acids is 4. The number of ether oxygens (including phenoxy) is 1. The van der Waals surface area contributed by atoms with Crippen LogP contribution in [-0.2, 0) is 36.9 Å². The normalized spacial score (nSPS) is 9.96. The van der Waals surface area contributed by atoms with Gasteiger partial charge in [0.05, 0.1) is 25.8 Å². The van der Waals surface area contributed by atoms with Crippen molar-refractivity contribution in [3.63, 3.8) is 0 Å². The van der Waals surface area contributed by atoms with Crippen LogP contribution >= 0.6 is 0 Å². The van der Waals surface area contributed by atoms with Crippen molar-refractivity contribution >= 4 is 29.4 Å². The zero-order chi connectivity index (χ0) is 19.6. The second-order valence-electron chi connectivity index (χ2n) is 5.45. The fourth-order valence-electron chi connectivity index (χ4n) is 2.02. The number of anilines is 1. The van der Waals surface area contributed by atoms with E-state index in [9.17, 15) is 19.2 Å². The Morgan fingerprint density at radius 3 is 2.41 bits per heavy atom. The maximum absolute atomic E-state index is 11.9. The molecule has 0 aliphatic heterocycles. The summed E-state index contributed by atoms with van der Waals surface area (Å²) in [6.07, 6.45) is 1.61. The van der Waals surface area contributed by atoms with Gasteiger partial charge in [0.15, 0.2) is 0 Å². The minimum Gasteiger partial charge on any atom is -0.468 e. The van der Waals surface area contributed by atoms with Crippen molar-refractivity contribution in [3.05, 3.63) is 47.8 Å². The van der Waals surface area contributed by atoms with Crippen LogP contribution in [-0.4, -0.2) is 47.5 Å². The average molecular weight is 373 g/mol. The molecule has 10 nitrogen and oxygen atoms in total. The van der Waals surface area contributed by atoms with Crippen molar-refractivity contribution in [2.75, 3.05) is 19.0 Å². The summed E-state index contributed by atoms with van der Waals surface area (Å²) in [5.74, 6) is -2.46. The van der Waals surface area contributed by atoms with Crippen LogP contribution in [0.5, 0.6) is 0 Å². The molecule has 2 rings (SSSR count). The Labute approximate surface area is 154 Å². The molecule has 0 fully saturated rings. The van der Waals surface area contributed by atoms with Crippen LogP contribution in [0.2, 0.25) is 0 Å². The van der Waals surface area contributed by atoms with Gasteiger partial charge in [-0.25, -0.2) is 0 Å². The van der Waals surface area contributed by atoms with Gasteiger partial charge in [0.1, 0.15) is 6.54 Å². The summed E-state index contributed by atoms with van der Waals surface area (Å²) in [6.45, 7) is -0.0387. The number of hydrogen-bond acceptors (Lipinski definition) is 6. The molecule has 0 bridgehead atoms. The number of aromatic amines is 1. The standard InChI is InChI=1S/C17H19N5O5/c1-27-15(24)10-18-14(23)8-11-2-4-12(5-3-11)21-17(26)16(25)19-9-13-6-7-20-22-13/h2-7H,8-10H2,1H3,(H,18,23)(H,19,25)(H,20,22)(H,21,26). The summed E-state index contributed by atoms with van der Waals surface area (Å²) >= 11 is 0. The predicted octanol–water partition coefficient (Wildman–Crippen LogP) is -0.504. The predicted molar refractivity (Wildman–Crippen MR) is 94.2 cm³/mol. The van der Waals surface area contributed by atoms with Crippen molar-refractivity contribution in [3.8, 4) is 0 Å². The van der Waals surface area contributed by atoms with Crippen molar-refractivity contribution in [2.45, 2.75) is 13.0 Å². The minimum absolute atomic E-state index is 0.0654. The van der Waals surface area contributed by atoms with Gasteiger partial charge in [-0.05, 0) is 23.8 Å². The van der Waals surface area contributed by atoms with Crippen LogP contribution in [0.1, 0.15) is 11.3 Å². The Bertz CT molecular complexity index is 802. The SMILES string of the molecule is COC(=O)CNC(=O)Cc1ccc(NC(=O)C(=O)NCc2ccn[nH]2)cc1. The van der Waals surface area contributed by atoms with Gasteiger partial charge in [0, 0.05) is 11.9 Å². The van der Waals surface area contributed by atoms with E-state index in [1.165, 1.54) is 7.11 Å². The second kappa shape index (κ2) is 9.70. The van der Waals surface area contributed by atoms with Crippen LogP contribution in [0.4, 0.5) is 5.69 Å². The first-order valence-corrected chi connectivity index (χ1v) is 7.98. The fraction of sp³-hybridized carbons (Fsp3) is 0.235. The Morgan fingerprint density at radius 1 is 1.04 bits per heavy atom. The number of benzene rings is 1. The zero-order valence-electron chi connectivity index (χ0n) is 14.6. The third kappa shape index (κ3) is 6.61. The largest absolute Gasteiger partial charge is 0.468 e. The molecule has 3 amide bonds. The first-order valence-electron chi connectivity index (χ1n) is 7.98. The number of aromatic nitrogens is 2. The quantitative estimate of drug-likeness (QED) is 0.381. The highest BCUT2D eigenvalue weighted by atomic mass is 16.5. The highest BCUT2D eigenvalue weighted by Crippen LogP contribution is 2.10. The summed E-state index contributed by atoms with van der Waals surface area (Å²) in [5.41, 5.74) is 1.76. The van der Waals surface area contributed by atoms with E-state index in [-0.39, 0.29) is 25.4 Å². The van der Waals surface area contributed by atoms with Crippen LogP contribution in [0.25, 0.3) is 0 Å². The molecule has 0 aliphatic carbocycles. The molecule has 0 unspecified atom stereocenters. The molecule has 1 aromatic carbocycles. The molecular formula is C17H19N5O5. The maximum atomic E-state index is 11.9. The Morgan fingerprint density at radius 2 is 1.78 bits per heavy atom. The first kappa shape index (κ1) is 19.6. The lowest BCUT2D eigenvalue weighted by Gasteiger charge is -2.07. The van der Waals surface area contributed by atoms with Crippen LogP contribution in [0.3, 0.4) is 0 Å². The molecule has 27 heavy (non-hydrogen) atoms. The number of H-pyrrole nitrogens is 1. The monoisotopic (exact) mass is 373 g/mol. The number of amides is 3. The van der Waals surface area contributed by atoms with Crippen molar-refractivity contribution < 1.29 is 23.9 Å². The van der Waals surface area contributed by atoms with Gasteiger partial charge >= 0.3 is 17.8 Å². The number of rotatable bonds is 7. The van der Waals surface area contributed by atoms with Crippen LogP contribution in [0, 0.1) is 0 Å². The Hall–Kier alpha value is -3.69. The van der Waals surface area contributed by atoms with Gasteiger partial charge in [0.2, 0.25) is 5.91 Å². The molecule has 0 spiro atoms. The molecule has 2 aromatic rings. The minimum atomic E-state index is -0.807. The topological polar surface area (TPSA) is 142 Å². The summed E-state index contributed by atoms with van der Waals surface area (Å²) in [7, 11) is 1.24. The van der Waals surface area contributed by atoms with Gasteiger partial charge in [0.25, 0.3) is 0 Å². The first-order chi connectivity index (χ1) is 13.0. The smallest absolute Gasteiger partial charge is 0.325 e. The number of nitrogens with zero attached hydrogens (tertiary/aromatic N) is 1. The number of esters is 1. The van der Waals surface area contributed by atoms with E-state index < -0.39 is 17.8 Å². The molecule has 0 saturated heterocycles. The second-order valence-corrected chi connectivity index (χ2v) is 5.45. The molecule has 1 heterocycles. The van der Waals surface area contributed by atoms with Gasteiger partial charge in [-0.15, -0.1) is 0 Å². The van der Waals surface area contributed by atoms with E-state index in [2.05, 4.69) is 30.9 Å². The number of nitrogens with one attached hydrogen (secondary N) is 4. The summed E-state index contributed by atoms with van der Waals surface area (Å²) in [6, 6.07) is 8.09. The van der Waals surface area contributed by atoms with E-state index in [4.69, 9.17) is 0 Å². The van der Waals surface area contributed by atoms with E-state index >= 15 is 0 Å². The van der Waals surface area contributed by atoms with Gasteiger partial charge in [-0.3, -0.25) is 24.3 Å². The lowest BCUT2D eigenvalue weighted by molar-refractivity contribution is -0.141. The summed E-state index contributed by atoms with van der Waals surface area (Å²) in [5, 5.41) is 13.7. The van der Waals surface area contributed by atoms with Gasteiger partial charge in [-0.2, -0.15) is 5.10 Å². The van der Waals surface area contributed by atoms with Crippen molar-refractivity contribution in [1.29, 1.82) is 0 Å². The lowest BCUT2D eigenvalue weighted by atomic mass is 10.1. The molecule has 0 radical (unpaired) electrons. The fourth-order valence-corrected chi connectivity index (χ4v) is 2.02. The molecule has 4 N–H and O–H groups in total. The number of methoxy groups -OCH3 is 1. The van der Waals surface area contributed by atoms with Crippen LogP contribution in [0.15, 0.2) is 36.5 Å². The highest BCUT2D eigenvalue weighted by Gasteiger charge is 2.14.